The highest BCUT2D eigenvalue weighted by molar-refractivity contribution is 5.90. The number of carbonyl (C=O) groups excluding carboxylic acids is 1. The Kier molecular flexibility index (Phi) is 7.08. The molecule has 0 spiro atoms. The minimum atomic E-state index is 0.0392. The lowest BCUT2D eigenvalue weighted by molar-refractivity contribution is -0.116. The molecule has 5 nitrogen and oxygen atoms in total. The Morgan fingerprint density at radius 1 is 1.25 bits per heavy atom. The van der Waals surface area contributed by atoms with E-state index in [4.69, 9.17) is 4.74 Å². The first kappa shape index (κ1) is 17.8. The molecule has 1 heterocycles. The van der Waals surface area contributed by atoms with Crippen molar-refractivity contribution in [2.45, 2.75) is 32.6 Å². The molecule has 0 unspecified atom stereocenters. The van der Waals surface area contributed by atoms with Crippen LogP contribution in [0.3, 0.4) is 0 Å². The minimum Gasteiger partial charge on any atom is -0.497 e. The Balaban J connectivity index is 1.78. The van der Waals surface area contributed by atoms with E-state index >= 15 is 0 Å². The van der Waals surface area contributed by atoms with Crippen LogP contribution in [-0.2, 0) is 11.2 Å². The van der Waals surface area contributed by atoms with E-state index in [2.05, 4.69) is 28.6 Å². The van der Waals surface area contributed by atoms with Crippen molar-refractivity contribution in [3.8, 4) is 5.75 Å². The van der Waals surface area contributed by atoms with E-state index in [1.165, 1.54) is 5.56 Å². The lowest BCUT2D eigenvalue weighted by atomic mass is 10.1. The summed E-state index contributed by atoms with van der Waals surface area (Å²) in [6, 6.07) is 11.8. The van der Waals surface area contributed by atoms with E-state index in [9.17, 15) is 4.79 Å². The maximum atomic E-state index is 11.7. The first-order chi connectivity index (χ1) is 11.7. The largest absolute Gasteiger partial charge is 0.497 e. The number of pyridine rings is 1. The number of anilines is 2. The van der Waals surface area contributed by atoms with Crippen molar-refractivity contribution < 1.29 is 9.53 Å². The lowest BCUT2D eigenvalue weighted by Gasteiger charge is -2.08. The summed E-state index contributed by atoms with van der Waals surface area (Å²) in [6.07, 6.45) is 5.04. The molecular formula is C19H25N3O2. The van der Waals surface area contributed by atoms with Gasteiger partial charge in [0.05, 0.1) is 19.0 Å². The Morgan fingerprint density at radius 2 is 2.12 bits per heavy atom. The van der Waals surface area contributed by atoms with Gasteiger partial charge in [-0.25, -0.2) is 4.98 Å². The number of methoxy groups -OCH3 is 1. The van der Waals surface area contributed by atoms with E-state index in [1.807, 2.05) is 30.3 Å². The summed E-state index contributed by atoms with van der Waals surface area (Å²) in [4.78, 5) is 16.0. The number of carbonyl (C=O) groups is 1. The van der Waals surface area contributed by atoms with Crippen LogP contribution in [0, 0.1) is 0 Å². The molecule has 1 amide bonds. The third kappa shape index (κ3) is 5.91. The molecule has 0 bridgehead atoms. The molecule has 2 aromatic rings. The molecule has 0 saturated heterocycles. The fourth-order valence-electron chi connectivity index (χ4n) is 2.30. The van der Waals surface area contributed by atoms with Gasteiger partial charge in [-0.05, 0) is 42.7 Å². The van der Waals surface area contributed by atoms with E-state index in [0.29, 0.717) is 6.42 Å². The molecule has 2 rings (SSSR count). The predicted molar refractivity (Wildman–Crippen MR) is 97.6 cm³/mol. The monoisotopic (exact) mass is 327 g/mol. The Labute approximate surface area is 143 Å². The first-order valence-electron chi connectivity index (χ1n) is 8.34. The molecule has 1 aromatic carbocycles. The van der Waals surface area contributed by atoms with Gasteiger partial charge >= 0.3 is 0 Å². The van der Waals surface area contributed by atoms with Crippen molar-refractivity contribution in [3.63, 3.8) is 0 Å². The van der Waals surface area contributed by atoms with Crippen molar-refractivity contribution in [3.05, 3.63) is 48.2 Å². The number of amides is 1. The summed E-state index contributed by atoms with van der Waals surface area (Å²) in [5, 5.41) is 6.14. The molecule has 2 N–H and O–H groups in total. The molecule has 0 aliphatic heterocycles. The molecule has 5 heteroatoms. The van der Waals surface area contributed by atoms with Gasteiger partial charge in [0.2, 0.25) is 5.91 Å². The van der Waals surface area contributed by atoms with Crippen molar-refractivity contribution >= 4 is 17.4 Å². The van der Waals surface area contributed by atoms with Crippen LogP contribution >= 0.6 is 0 Å². The van der Waals surface area contributed by atoms with Gasteiger partial charge in [0.15, 0.2) is 0 Å². The maximum Gasteiger partial charge on any atom is 0.224 e. The van der Waals surface area contributed by atoms with Gasteiger partial charge < -0.3 is 15.4 Å². The fraction of sp³-hybridized carbons (Fsp3) is 0.368. The number of unbranched alkanes of at least 4 members (excludes halogenated alkanes) is 1. The number of benzene rings is 1. The summed E-state index contributed by atoms with van der Waals surface area (Å²) in [5.74, 6) is 1.70. The average Bonchev–Trinajstić information content (AvgIpc) is 2.61. The van der Waals surface area contributed by atoms with Gasteiger partial charge in [-0.2, -0.15) is 0 Å². The van der Waals surface area contributed by atoms with Gasteiger partial charge in [-0.1, -0.05) is 25.5 Å². The fourth-order valence-corrected chi connectivity index (χ4v) is 2.30. The Hall–Kier alpha value is -2.56. The molecule has 0 fully saturated rings. The molecule has 0 radical (unpaired) electrons. The maximum absolute atomic E-state index is 11.7. The molecule has 0 aliphatic rings. The first-order valence-corrected chi connectivity index (χ1v) is 8.34. The zero-order valence-corrected chi connectivity index (χ0v) is 14.3. The van der Waals surface area contributed by atoms with E-state index < -0.39 is 0 Å². The number of hydrogen-bond acceptors (Lipinski definition) is 4. The van der Waals surface area contributed by atoms with Crippen LogP contribution in [0.2, 0.25) is 0 Å². The standard InChI is InChI=1S/C19H25N3O2/c1-3-4-8-19(23)22-16-9-10-18(21-14-16)20-12-11-15-6-5-7-17(13-15)24-2/h5-7,9-10,13-14H,3-4,8,11-12H2,1-2H3,(H,20,21)(H,22,23). The van der Waals surface area contributed by atoms with Gasteiger partial charge in [-0.15, -0.1) is 0 Å². The van der Waals surface area contributed by atoms with Crippen LogP contribution in [0.15, 0.2) is 42.6 Å². The summed E-state index contributed by atoms with van der Waals surface area (Å²) in [5.41, 5.74) is 1.94. The zero-order chi connectivity index (χ0) is 17.2. The second-order valence-electron chi connectivity index (χ2n) is 5.61. The van der Waals surface area contributed by atoms with Crippen molar-refractivity contribution in [1.29, 1.82) is 0 Å². The molecule has 0 aliphatic carbocycles. The van der Waals surface area contributed by atoms with Crippen LogP contribution in [0.5, 0.6) is 5.75 Å². The number of rotatable bonds is 9. The molecule has 1 aromatic heterocycles. The normalized spacial score (nSPS) is 10.2. The smallest absolute Gasteiger partial charge is 0.224 e. The molecule has 128 valence electrons. The van der Waals surface area contributed by atoms with Crippen molar-refractivity contribution in [2.75, 3.05) is 24.3 Å². The van der Waals surface area contributed by atoms with Crippen molar-refractivity contribution in [2.24, 2.45) is 0 Å². The highest BCUT2D eigenvalue weighted by Gasteiger charge is 2.02. The number of nitrogens with zero attached hydrogens (tertiary/aromatic N) is 1. The second-order valence-corrected chi connectivity index (χ2v) is 5.61. The average molecular weight is 327 g/mol. The lowest BCUT2D eigenvalue weighted by Crippen LogP contribution is -2.11. The Bertz CT molecular complexity index is 641. The number of ether oxygens (including phenoxy) is 1. The van der Waals surface area contributed by atoms with Gasteiger partial charge in [0.1, 0.15) is 11.6 Å². The van der Waals surface area contributed by atoms with Crippen LogP contribution in [0.25, 0.3) is 0 Å². The molecule has 0 saturated carbocycles. The number of aromatic nitrogens is 1. The topological polar surface area (TPSA) is 63.2 Å². The quantitative estimate of drug-likeness (QED) is 0.734. The van der Waals surface area contributed by atoms with Crippen molar-refractivity contribution in [1.82, 2.24) is 4.98 Å². The second kappa shape index (κ2) is 9.55. The summed E-state index contributed by atoms with van der Waals surface area (Å²) < 4.78 is 5.22. The summed E-state index contributed by atoms with van der Waals surface area (Å²) in [7, 11) is 1.67. The third-order valence-electron chi connectivity index (χ3n) is 3.66. The van der Waals surface area contributed by atoms with E-state index in [0.717, 1.165) is 43.1 Å². The van der Waals surface area contributed by atoms with Gasteiger partial charge in [0, 0.05) is 13.0 Å². The van der Waals surface area contributed by atoms with Crippen LogP contribution < -0.4 is 15.4 Å². The summed E-state index contributed by atoms with van der Waals surface area (Å²) in [6.45, 7) is 2.85. The minimum absolute atomic E-state index is 0.0392. The Morgan fingerprint density at radius 3 is 2.83 bits per heavy atom. The van der Waals surface area contributed by atoms with E-state index in [-0.39, 0.29) is 5.91 Å². The third-order valence-corrected chi connectivity index (χ3v) is 3.66. The van der Waals surface area contributed by atoms with E-state index in [1.54, 1.807) is 13.3 Å². The van der Waals surface area contributed by atoms with Crippen LogP contribution in [0.1, 0.15) is 31.7 Å². The molecule has 24 heavy (non-hydrogen) atoms. The SMILES string of the molecule is CCCCC(=O)Nc1ccc(NCCc2cccc(OC)c2)nc1. The zero-order valence-electron chi connectivity index (χ0n) is 14.3. The van der Waals surface area contributed by atoms with Crippen LogP contribution in [-0.4, -0.2) is 24.5 Å². The number of hydrogen-bond donors (Lipinski definition) is 2. The molecule has 0 atom stereocenters. The van der Waals surface area contributed by atoms with Gasteiger partial charge in [0.25, 0.3) is 0 Å². The summed E-state index contributed by atoms with van der Waals surface area (Å²) >= 11 is 0. The highest BCUT2D eigenvalue weighted by atomic mass is 16.5. The highest BCUT2D eigenvalue weighted by Crippen LogP contribution is 2.14. The van der Waals surface area contributed by atoms with Crippen LogP contribution in [0.4, 0.5) is 11.5 Å². The molecular weight excluding hydrogens is 302 g/mol. The number of nitrogens with one attached hydrogen (secondary N) is 2. The predicted octanol–water partition coefficient (Wildman–Crippen LogP) is 3.87. The van der Waals surface area contributed by atoms with Gasteiger partial charge in [-0.3, -0.25) is 4.79 Å².